The Labute approximate surface area is 164 Å². The van der Waals surface area contributed by atoms with E-state index in [0.717, 1.165) is 18.2 Å². The summed E-state index contributed by atoms with van der Waals surface area (Å²) in [6.07, 6.45) is -4.92. The molecule has 0 spiro atoms. The van der Waals surface area contributed by atoms with Crippen molar-refractivity contribution in [1.82, 2.24) is 5.32 Å². The van der Waals surface area contributed by atoms with Gasteiger partial charge in [0.1, 0.15) is 5.75 Å². The molecule has 0 aliphatic heterocycles. The number of hydrogen-bond acceptors (Lipinski definition) is 5. The number of carbonyl (C=O) groups is 1. The predicted octanol–water partition coefficient (Wildman–Crippen LogP) is 3.54. The van der Waals surface area contributed by atoms with Gasteiger partial charge in [0.15, 0.2) is 9.84 Å². The first kappa shape index (κ1) is 21.8. The second-order valence-electron chi connectivity index (χ2n) is 5.64. The second-order valence-corrected chi connectivity index (χ2v) is 8.32. The van der Waals surface area contributed by atoms with Crippen LogP contribution >= 0.6 is 11.6 Å². The van der Waals surface area contributed by atoms with E-state index in [2.05, 4.69) is 10.1 Å². The van der Waals surface area contributed by atoms with Gasteiger partial charge in [0, 0.05) is 17.3 Å². The van der Waals surface area contributed by atoms with Crippen LogP contribution in [0, 0.1) is 0 Å². The summed E-state index contributed by atoms with van der Waals surface area (Å²) in [6.45, 7) is 1.25. The molecular formula is C17H16ClF3N2O4S. The van der Waals surface area contributed by atoms with Gasteiger partial charge in [-0.2, -0.15) is 0 Å². The van der Waals surface area contributed by atoms with Crippen molar-refractivity contribution in [2.75, 3.05) is 11.5 Å². The van der Waals surface area contributed by atoms with Crippen molar-refractivity contribution >= 4 is 33.0 Å². The van der Waals surface area contributed by atoms with Crippen LogP contribution in [0.2, 0.25) is 5.02 Å². The Hall–Kier alpha value is -2.46. The second kappa shape index (κ2) is 8.27. The topological polar surface area (TPSA) is 98.5 Å². The molecule has 0 aliphatic carbocycles. The first-order valence-corrected chi connectivity index (χ1v) is 9.90. The Kier molecular flexibility index (Phi) is 6.45. The predicted molar refractivity (Wildman–Crippen MR) is 97.9 cm³/mol. The lowest BCUT2D eigenvalue weighted by molar-refractivity contribution is -0.274. The number of nitrogens with two attached hydrogens (primary N) is 1. The van der Waals surface area contributed by atoms with E-state index in [9.17, 15) is 26.4 Å². The number of sulfone groups is 1. The Balaban J connectivity index is 2.26. The normalized spacial score (nSPS) is 11.9. The highest BCUT2D eigenvalue weighted by Crippen LogP contribution is 2.26. The van der Waals surface area contributed by atoms with E-state index >= 15 is 0 Å². The standard InChI is InChI=1S/C17H16ClF3N2O4S/c1-2-28(25,26)15-6-3-11(18)7-10(15)9-23-16(24)13-8-12(4-5-14(13)22)27-17(19,20)21/h3-8H,2,9,22H2,1H3,(H,23,24). The molecule has 0 radical (unpaired) electrons. The van der Waals surface area contributed by atoms with E-state index < -0.39 is 27.9 Å². The highest BCUT2D eigenvalue weighted by atomic mass is 35.5. The average Bonchev–Trinajstić information content (AvgIpc) is 2.60. The maximum atomic E-state index is 12.4. The van der Waals surface area contributed by atoms with Crippen molar-refractivity contribution in [2.45, 2.75) is 24.7 Å². The molecule has 6 nitrogen and oxygen atoms in total. The summed E-state index contributed by atoms with van der Waals surface area (Å²) in [4.78, 5) is 12.4. The van der Waals surface area contributed by atoms with Gasteiger partial charge in [-0.15, -0.1) is 13.2 Å². The van der Waals surface area contributed by atoms with E-state index in [1.165, 1.54) is 25.1 Å². The van der Waals surface area contributed by atoms with Crippen LogP contribution < -0.4 is 15.8 Å². The van der Waals surface area contributed by atoms with Crippen LogP contribution in [0.3, 0.4) is 0 Å². The van der Waals surface area contributed by atoms with Crippen LogP contribution in [-0.4, -0.2) is 26.4 Å². The molecule has 2 rings (SSSR count). The molecule has 0 bridgehead atoms. The van der Waals surface area contributed by atoms with Gasteiger partial charge in [-0.05, 0) is 42.0 Å². The van der Waals surface area contributed by atoms with Crippen LogP contribution in [0.4, 0.5) is 18.9 Å². The lowest BCUT2D eigenvalue weighted by Crippen LogP contribution is -2.25. The molecule has 0 fully saturated rings. The summed E-state index contributed by atoms with van der Waals surface area (Å²) >= 11 is 5.90. The van der Waals surface area contributed by atoms with Crippen molar-refractivity contribution in [3.63, 3.8) is 0 Å². The van der Waals surface area contributed by atoms with Gasteiger partial charge in [0.2, 0.25) is 0 Å². The highest BCUT2D eigenvalue weighted by molar-refractivity contribution is 7.91. The molecule has 0 heterocycles. The number of carbonyl (C=O) groups excluding carboxylic acids is 1. The average molecular weight is 437 g/mol. The number of amides is 1. The molecule has 0 saturated heterocycles. The van der Waals surface area contributed by atoms with Crippen LogP contribution in [0.15, 0.2) is 41.3 Å². The Morgan fingerprint density at radius 3 is 2.50 bits per heavy atom. The first-order chi connectivity index (χ1) is 12.9. The van der Waals surface area contributed by atoms with Crippen LogP contribution in [0.1, 0.15) is 22.8 Å². The summed E-state index contributed by atoms with van der Waals surface area (Å²) in [5.41, 5.74) is 5.58. The van der Waals surface area contributed by atoms with Crippen molar-refractivity contribution in [3.05, 3.63) is 52.5 Å². The fourth-order valence-electron chi connectivity index (χ4n) is 2.34. The summed E-state index contributed by atoms with van der Waals surface area (Å²) in [6, 6.07) is 7.04. The van der Waals surface area contributed by atoms with Gasteiger partial charge in [-0.3, -0.25) is 4.79 Å². The monoisotopic (exact) mass is 436 g/mol. The van der Waals surface area contributed by atoms with E-state index in [0.29, 0.717) is 0 Å². The third kappa shape index (κ3) is 5.52. The van der Waals surface area contributed by atoms with E-state index in [1.807, 2.05) is 0 Å². The summed E-state index contributed by atoms with van der Waals surface area (Å²) in [5, 5.41) is 2.69. The molecule has 3 N–H and O–H groups in total. The van der Waals surface area contributed by atoms with Crippen LogP contribution in [0.5, 0.6) is 5.75 Å². The number of benzene rings is 2. The number of ether oxygens (including phenoxy) is 1. The van der Waals surface area contributed by atoms with Gasteiger partial charge in [-0.25, -0.2) is 8.42 Å². The van der Waals surface area contributed by atoms with Gasteiger partial charge >= 0.3 is 6.36 Å². The Morgan fingerprint density at radius 2 is 1.89 bits per heavy atom. The molecule has 1 amide bonds. The number of nitrogens with one attached hydrogen (secondary N) is 1. The quantitative estimate of drug-likeness (QED) is 0.675. The number of alkyl halides is 3. The minimum absolute atomic E-state index is 0.00169. The first-order valence-electron chi connectivity index (χ1n) is 7.87. The fourth-order valence-corrected chi connectivity index (χ4v) is 3.66. The van der Waals surface area contributed by atoms with Crippen molar-refractivity contribution < 1.29 is 31.1 Å². The molecule has 0 unspecified atom stereocenters. The molecule has 2 aromatic rings. The van der Waals surface area contributed by atoms with Crippen LogP contribution in [-0.2, 0) is 16.4 Å². The number of anilines is 1. The molecule has 152 valence electrons. The van der Waals surface area contributed by atoms with Gasteiger partial charge in [-0.1, -0.05) is 18.5 Å². The van der Waals surface area contributed by atoms with Crippen molar-refractivity contribution in [1.29, 1.82) is 0 Å². The molecular weight excluding hydrogens is 421 g/mol. The zero-order valence-corrected chi connectivity index (χ0v) is 16.1. The third-order valence-corrected chi connectivity index (χ3v) is 5.74. The number of nitrogen functional groups attached to an aromatic ring is 1. The Bertz CT molecular complexity index is 994. The van der Waals surface area contributed by atoms with Crippen molar-refractivity contribution in [2.24, 2.45) is 0 Å². The summed E-state index contributed by atoms with van der Waals surface area (Å²) < 4.78 is 65.2. The van der Waals surface area contributed by atoms with E-state index in [4.69, 9.17) is 17.3 Å². The highest BCUT2D eigenvalue weighted by Gasteiger charge is 2.31. The maximum Gasteiger partial charge on any atom is 0.573 e. The molecule has 0 aliphatic rings. The SMILES string of the molecule is CCS(=O)(=O)c1ccc(Cl)cc1CNC(=O)c1cc(OC(F)(F)F)ccc1N. The maximum absolute atomic E-state index is 12.4. The Morgan fingerprint density at radius 1 is 1.21 bits per heavy atom. The van der Waals surface area contributed by atoms with Gasteiger partial charge in [0.05, 0.1) is 16.2 Å². The molecule has 0 saturated carbocycles. The molecule has 2 aromatic carbocycles. The van der Waals surface area contributed by atoms with Gasteiger partial charge in [0.25, 0.3) is 5.91 Å². The largest absolute Gasteiger partial charge is 0.573 e. The third-order valence-electron chi connectivity index (χ3n) is 3.68. The number of rotatable bonds is 6. The molecule has 0 aromatic heterocycles. The minimum Gasteiger partial charge on any atom is -0.406 e. The fraction of sp³-hybridized carbons (Fsp3) is 0.235. The lowest BCUT2D eigenvalue weighted by atomic mass is 10.1. The summed E-state index contributed by atoms with van der Waals surface area (Å²) in [5.74, 6) is -1.56. The number of halogens is 4. The van der Waals surface area contributed by atoms with E-state index in [-0.39, 0.29) is 39.0 Å². The van der Waals surface area contributed by atoms with Gasteiger partial charge < -0.3 is 15.8 Å². The lowest BCUT2D eigenvalue weighted by Gasteiger charge is -2.13. The number of hydrogen-bond donors (Lipinski definition) is 2. The zero-order chi connectivity index (χ0) is 21.1. The molecule has 28 heavy (non-hydrogen) atoms. The summed E-state index contributed by atoms with van der Waals surface area (Å²) in [7, 11) is -3.57. The molecule has 11 heteroatoms. The van der Waals surface area contributed by atoms with Crippen LogP contribution in [0.25, 0.3) is 0 Å². The zero-order valence-electron chi connectivity index (χ0n) is 14.5. The molecule has 0 atom stereocenters. The van der Waals surface area contributed by atoms with Crippen molar-refractivity contribution in [3.8, 4) is 5.75 Å². The minimum atomic E-state index is -4.92. The van der Waals surface area contributed by atoms with E-state index in [1.54, 1.807) is 0 Å². The smallest absolute Gasteiger partial charge is 0.406 e.